The summed E-state index contributed by atoms with van der Waals surface area (Å²) in [5.74, 6) is 0.284. The van der Waals surface area contributed by atoms with E-state index >= 15 is 0 Å². The highest BCUT2D eigenvalue weighted by atomic mass is 16.3. The van der Waals surface area contributed by atoms with Crippen LogP contribution in [0.1, 0.15) is 5.56 Å². The third-order valence-electron chi connectivity index (χ3n) is 2.03. The molecule has 0 aliphatic heterocycles. The molecule has 2 rings (SSSR count). The van der Waals surface area contributed by atoms with Crippen LogP contribution in [0.2, 0.25) is 0 Å². The fraction of sp³-hybridized carbons (Fsp3) is 0.100. The summed E-state index contributed by atoms with van der Waals surface area (Å²) in [6.07, 6.45) is 1.58. The van der Waals surface area contributed by atoms with Gasteiger partial charge < -0.3 is 10.2 Å². The number of pyridine rings is 1. The summed E-state index contributed by atoms with van der Waals surface area (Å²) >= 11 is 0. The lowest BCUT2D eigenvalue weighted by Gasteiger charge is -2.04. The third kappa shape index (κ3) is 1.09. The van der Waals surface area contributed by atoms with Crippen LogP contribution in [-0.2, 0) is 0 Å². The molecule has 66 valence electrons. The van der Waals surface area contributed by atoms with Gasteiger partial charge in [0.2, 0.25) is 0 Å². The van der Waals surface area contributed by atoms with Crippen LogP contribution in [0, 0.1) is 6.92 Å². The molecular weight excluding hydrogens is 166 g/mol. The van der Waals surface area contributed by atoms with Crippen LogP contribution in [0.15, 0.2) is 24.4 Å². The van der Waals surface area contributed by atoms with E-state index in [1.807, 2.05) is 0 Å². The highest BCUT2D eigenvalue weighted by Gasteiger charge is 2.07. The Labute approximate surface area is 75.3 Å². The SMILES string of the molecule is Cc1cc(O)c2cccnc2c1O. The number of hydrogen-bond acceptors (Lipinski definition) is 3. The lowest BCUT2D eigenvalue weighted by atomic mass is 10.1. The molecule has 0 saturated heterocycles. The number of aryl methyl sites for hydroxylation is 1. The second kappa shape index (κ2) is 2.62. The monoisotopic (exact) mass is 175 g/mol. The van der Waals surface area contributed by atoms with Crippen LogP contribution < -0.4 is 0 Å². The van der Waals surface area contributed by atoms with E-state index in [0.29, 0.717) is 16.5 Å². The molecule has 13 heavy (non-hydrogen) atoms. The van der Waals surface area contributed by atoms with Crippen molar-refractivity contribution in [2.24, 2.45) is 0 Å². The molecule has 0 spiro atoms. The van der Waals surface area contributed by atoms with E-state index in [-0.39, 0.29) is 11.5 Å². The molecular formula is C10H9NO2. The van der Waals surface area contributed by atoms with E-state index in [1.54, 1.807) is 25.3 Å². The van der Waals surface area contributed by atoms with Gasteiger partial charge in [-0.15, -0.1) is 0 Å². The van der Waals surface area contributed by atoms with Crippen LogP contribution >= 0.6 is 0 Å². The van der Waals surface area contributed by atoms with Crippen molar-refractivity contribution < 1.29 is 10.2 Å². The molecule has 3 nitrogen and oxygen atoms in total. The molecule has 0 bridgehead atoms. The van der Waals surface area contributed by atoms with Crippen LogP contribution in [0.3, 0.4) is 0 Å². The Bertz CT molecular complexity index is 466. The van der Waals surface area contributed by atoms with Crippen molar-refractivity contribution in [1.29, 1.82) is 0 Å². The van der Waals surface area contributed by atoms with Gasteiger partial charge in [0.15, 0.2) is 0 Å². The minimum Gasteiger partial charge on any atom is -0.507 e. The Morgan fingerprint density at radius 3 is 2.85 bits per heavy atom. The zero-order valence-corrected chi connectivity index (χ0v) is 7.15. The van der Waals surface area contributed by atoms with Gasteiger partial charge in [-0.3, -0.25) is 4.98 Å². The van der Waals surface area contributed by atoms with Gasteiger partial charge >= 0.3 is 0 Å². The van der Waals surface area contributed by atoms with Gasteiger partial charge in [0.1, 0.15) is 17.0 Å². The predicted octanol–water partition coefficient (Wildman–Crippen LogP) is 1.95. The van der Waals surface area contributed by atoms with E-state index < -0.39 is 0 Å². The molecule has 0 unspecified atom stereocenters. The first-order valence-electron chi connectivity index (χ1n) is 3.96. The predicted molar refractivity (Wildman–Crippen MR) is 49.8 cm³/mol. The number of benzene rings is 1. The van der Waals surface area contributed by atoms with E-state index in [2.05, 4.69) is 4.98 Å². The van der Waals surface area contributed by atoms with Gasteiger partial charge in [0.25, 0.3) is 0 Å². The van der Waals surface area contributed by atoms with Gasteiger partial charge in [-0.2, -0.15) is 0 Å². The van der Waals surface area contributed by atoms with Gasteiger partial charge in [0.05, 0.1) is 0 Å². The molecule has 0 fully saturated rings. The molecule has 1 aromatic carbocycles. The number of nitrogens with zero attached hydrogens (tertiary/aromatic N) is 1. The largest absolute Gasteiger partial charge is 0.507 e. The maximum Gasteiger partial charge on any atom is 0.144 e. The van der Waals surface area contributed by atoms with E-state index in [0.717, 1.165) is 0 Å². The van der Waals surface area contributed by atoms with Crippen LogP contribution in [0.4, 0.5) is 0 Å². The summed E-state index contributed by atoms with van der Waals surface area (Å²) < 4.78 is 0. The summed E-state index contributed by atoms with van der Waals surface area (Å²) in [7, 11) is 0. The molecule has 2 N–H and O–H groups in total. The minimum absolute atomic E-state index is 0.133. The first-order valence-corrected chi connectivity index (χ1v) is 3.96. The number of aromatic nitrogens is 1. The standard InChI is InChI=1S/C10H9NO2/c1-6-5-8(12)7-3-2-4-11-9(7)10(6)13/h2-5,12-13H,1H3. The number of aromatic hydroxyl groups is 2. The molecule has 1 aromatic heterocycles. The zero-order chi connectivity index (χ0) is 9.42. The maximum atomic E-state index is 9.61. The zero-order valence-electron chi connectivity index (χ0n) is 7.15. The number of rotatable bonds is 0. The number of hydrogen-bond donors (Lipinski definition) is 2. The molecule has 0 aliphatic carbocycles. The summed E-state index contributed by atoms with van der Waals surface area (Å²) in [6, 6.07) is 4.97. The summed E-state index contributed by atoms with van der Waals surface area (Å²) in [6.45, 7) is 1.73. The molecule has 0 aliphatic rings. The topological polar surface area (TPSA) is 53.4 Å². The van der Waals surface area contributed by atoms with Crippen LogP contribution in [0.25, 0.3) is 10.9 Å². The van der Waals surface area contributed by atoms with Crippen molar-refractivity contribution in [3.8, 4) is 11.5 Å². The summed E-state index contributed by atoms with van der Waals surface area (Å²) in [5.41, 5.74) is 1.07. The van der Waals surface area contributed by atoms with E-state index in [9.17, 15) is 10.2 Å². The van der Waals surface area contributed by atoms with Crippen molar-refractivity contribution in [2.75, 3.05) is 0 Å². The van der Waals surface area contributed by atoms with Crippen molar-refractivity contribution in [3.05, 3.63) is 30.0 Å². The van der Waals surface area contributed by atoms with Crippen molar-refractivity contribution >= 4 is 10.9 Å². The minimum atomic E-state index is 0.133. The fourth-order valence-electron chi connectivity index (χ4n) is 1.34. The molecule has 0 saturated carbocycles. The van der Waals surface area contributed by atoms with Gasteiger partial charge in [-0.25, -0.2) is 0 Å². The molecule has 2 aromatic rings. The number of phenols is 2. The number of fused-ring (bicyclic) bond motifs is 1. The Kier molecular flexibility index (Phi) is 1.59. The first-order chi connectivity index (χ1) is 6.20. The highest BCUT2D eigenvalue weighted by molar-refractivity contribution is 5.90. The molecule has 1 heterocycles. The van der Waals surface area contributed by atoms with Crippen molar-refractivity contribution in [2.45, 2.75) is 6.92 Å². The fourth-order valence-corrected chi connectivity index (χ4v) is 1.34. The average Bonchev–Trinajstić information content (AvgIpc) is 2.15. The van der Waals surface area contributed by atoms with Crippen molar-refractivity contribution in [3.63, 3.8) is 0 Å². The van der Waals surface area contributed by atoms with Gasteiger partial charge in [-0.1, -0.05) is 0 Å². The van der Waals surface area contributed by atoms with Gasteiger partial charge in [0, 0.05) is 11.6 Å². The average molecular weight is 175 g/mol. The Hall–Kier alpha value is -1.77. The molecule has 0 amide bonds. The molecule has 0 radical (unpaired) electrons. The van der Waals surface area contributed by atoms with E-state index in [4.69, 9.17) is 0 Å². The second-order valence-corrected chi connectivity index (χ2v) is 2.96. The second-order valence-electron chi connectivity index (χ2n) is 2.96. The smallest absolute Gasteiger partial charge is 0.144 e. The van der Waals surface area contributed by atoms with Crippen LogP contribution in [0.5, 0.6) is 11.5 Å². The number of phenolic OH excluding ortho intramolecular Hbond substituents is 2. The van der Waals surface area contributed by atoms with E-state index in [1.165, 1.54) is 6.07 Å². The third-order valence-corrected chi connectivity index (χ3v) is 2.03. The van der Waals surface area contributed by atoms with Crippen molar-refractivity contribution in [1.82, 2.24) is 4.98 Å². The summed E-state index contributed by atoms with van der Waals surface area (Å²) in [5, 5.41) is 19.7. The lowest BCUT2D eigenvalue weighted by molar-refractivity contribution is 0.465. The molecule has 3 heteroatoms. The highest BCUT2D eigenvalue weighted by Crippen LogP contribution is 2.32. The lowest BCUT2D eigenvalue weighted by Crippen LogP contribution is -1.82. The summed E-state index contributed by atoms with van der Waals surface area (Å²) in [4.78, 5) is 3.99. The Balaban J connectivity index is 2.97. The van der Waals surface area contributed by atoms with Gasteiger partial charge in [-0.05, 0) is 30.7 Å². The Morgan fingerprint density at radius 2 is 2.08 bits per heavy atom. The molecule has 0 atom stereocenters. The Morgan fingerprint density at radius 1 is 1.31 bits per heavy atom. The quantitative estimate of drug-likeness (QED) is 0.602. The van der Waals surface area contributed by atoms with Crippen LogP contribution in [-0.4, -0.2) is 15.2 Å². The first kappa shape index (κ1) is 7.86. The maximum absolute atomic E-state index is 9.61. The normalized spacial score (nSPS) is 10.5.